The van der Waals surface area contributed by atoms with Crippen LogP contribution in [-0.2, 0) is 0 Å². The van der Waals surface area contributed by atoms with Gasteiger partial charge >= 0.3 is 0 Å². The predicted molar refractivity (Wildman–Crippen MR) is 97.0 cm³/mol. The molecule has 0 saturated carbocycles. The Morgan fingerprint density at radius 2 is 2.00 bits per heavy atom. The van der Waals surface area contributed by atoms with Gasteiger partial charge in [-0.2, -0.15) is 0 Å². The van der Waals surface area contributed by atoms with Crippen molar-refractivity contribution in [2.75, 3.05) is 13.7 Å². The van der Waals surface area contributed by atoms with Crippen LogP contribution in [0.5, 0.6) is 5.75 Å². The van der Waals surface area contributed by atoms with Gasteiger partial charge in [-0.1, -0.05) is 25.1 Å². The molecule has 3 heteroatoms. The molecular weight excluding hydrogens is 373 g/mol. The van der Waals surface area contributed by atoms with E-state index in [0.29, 0.717) is 0 Å². The summed E-state index contributed by atoms with van der Waals surface area (Å²) in [6.07, 6.45) is 1.12. The third kappa shape index (κ3) is 4.20. The highest BCUT2D eigenvalue weighted by atomic mass is 127. The molecule has 0 fully saturated rings. The fourth-order valence-corrected chi connectivity index (χ4v) is 3.05. The van der Waals surface area contributed by atoms with Crippen molar-refractivity contribution in [3.8, 4) is 5.75 Å². The van der Waals surface area contributed by atoms with Crippen LogP contribution < -0.4 is 10.1 Å². The largest absolute Gasteiger partial charge is 0.497 e. The van der Waals surface area contributed by atoms with E-state index in [4.69, 9.17) is 4.74 Å². The number of aryl methyl sites for hydroxylation is 1. The van der Waals surface area contributed by atoms with Crippen LogP contribution in [0.1, 0.15) is 36.1 Å². The predicted octanol–water partition coefficient (Wildman–Crippen LogP) is 4.70. The van der Waals surface area contributed by atoms with E-state index in [-0.39, 0.29) is 6.04 Å². The maximum Gasteiger partial charge on any atom is 0.119 e. The van der Waals surface area contributed by atoms with E-state index in [1.54, 1.807) is 7.11 Å². The Bertz CT molecular complexity index is 598. The van der Waals surface area contributed by atoms with Crippen molar-refractivity contribution in [3.05, 3.63) is 62.7 Å². The van der Waals surface area contributed by atoms with Crippen LogP contribution >= 0.6 is 22.6 Å². The molecule has 0 saturated heterocycles. The van der Waals surface area contributed by atoms with Gasteiger partial charge in [-0.3, -0.25) is 0 Å². The summed E-state index contributed by atoms with van der Waals surface area (Å²) in [6.45, 7) is 5.34. The Labute approximate surface area is 141 Å². The zero-order chi connectivity index (χ0) is 15.2. The molecule has 0 radical (unpaired) electrons. The lowest BCUT2D eigenvalue weighted by Gasteiger charge is -2.22. The number of methoxy groups -OCH3 is 1. The molecule has 0 amide bonds. The minimum absolute atomic E-state index is 0.227. The molecule has 1 atom stereocenters. The lowest BCUT2D eigenvalue weighted by molar-refractivity contribution is 0.414. The van der Waals surface area contributed by atoms with Crippen molar-refractivity contribution < 1.29 is 4.74 Å². The first kappa shape index (κ1) is 16.3. The summed E-state index contributed by atoms with van der Waals surface area (Å²) in [4.78, 5) is 0. The minimum atomic E-state index is 0.227. The standard InChI is InChI=1S/C18H22INO/c1-4-10-20-18(14-6-5-7-15(19)12-14)17-9-8-16(21-3)11-13(17)2/h5-9,11-12,18,20H,4,10H2,1-3H3. The molecule has 1 N–H and O–H groups in total. The number of hydrogen-bond acceptors (Lipinski definition) is 2. The highest BCUT2D eigenvalue weighted by molar-refractivity contribution is 14.1. The highest BCUT2D eigenvalue weighted by Gasteiger charge is 2.16. The first-order valence-electron chi connectivity index (χ1n) is 7.29. The number of rotatable bonds is 6. The second kappa shape index (κ2) is 7.80. The molecule has 0 spiro atoms. The van der Waals surface area contributed by atoms with Crippen LogP contribution in [0.3, 0.4) is 0 Å². The lowest BCUT2D eigenvalue weighted by atomic mass is 9.94. The molecule has 0 aliphatic heterocycles. The van der Waals surface area contributed by atoms with Gasteiger partial charge in [-0.25, -0.2) is 0 Å². The van der Waals surface area contributed by atoms with Crippen molar-refractivity contribution in [2.45, 2.75) is 26.3 Å². The van der Waals surface area contributed by atoms with E-state index in [9.17, 15) is 0 Å². The smallest absolute Gasteiger partial charge is 0.119 e. The Morgan fingerprint density at radius 3 is 2.62 bits per heavy atom. The van der Waals surface area contributed by atoms with Crippen molar-refractivity contribution >= 4 is 22.6 Å². The molecular formula is C18H22INO. The zero-order valence-electron chi connectivity index (χ0n) is 12.8. The van der Waals surface area contributed by atoms with Crippen LogP contribution in [0.25, 0.3) is 0 Å². The van der Waals surface area contributed by atoms with Crippen molar-refractivity contribution in [3.63, 3.8) is 0 Å². The average molecular weight is 395 g/mol. The van der Waals surface area contributed by atoms with Gasteiger partial charge in [0, 0.05) is 3.57 Å². The topological polar surface area (TPSA) is 21.3 Å². The molecule has 1 unspecified atom stereocenters. The van der Waals surface area contributed by atoms with Gasteiger partial charge in [0.2, 0.25) is 0 Å². The maximum absolute atomic E-state index is 5.31. The maximum atomic E-state index is 5.31. The van der Waals surface area contributed by atoms with Gasteiger partial charge in [-0.15, -0.1) is 0 Å². The van der Waals surface area contributed by atoms with Crippen LogP contribution in [-0.4, -0.2) is 13.7 Å². The summed E-state index contributed by atoms with van der Waals surface area (Å²) in [5.41, 5.74) is 3.87. The van der Waals surface area contributed by atoms with Crippen LogP contribution in [0.4, 0.5) is 0 Å². The summed E-state index contributed by atoms with van der Waals surface area (Å²) < 4.78 is 6.58. The van der Waals surface area contributed by atoms with E-state index in [1.807, 2.05) is 6.07 Å². The van der Waals surface area contributed by atoms with Gasteiger partial charge < -0.3 is 10.1 Å². The lowest BCUT2D eigenvalue weighted by Crippen LogP contribution is -2.24. The van der Waals surface area contributed by atoms with Crippen LogP contribution in [0.2, 0.25) is 0 Å². The quantitative estimate of drug-likeness (QED) is 0.717. The number of ether oxygens (including phenoxy) is 1. The molecule has 0 bridgehead atoms. The number of nitrogens with one attached hydrogen (secondary N) is 1. The molecule has 0 aliphatic rings. The van der Waals surface area contributed by atoms with Gasteiger partial charge in [0.1, 0.15) is 5.75 Å². The molecule has 0 aromatic heterocycles. The zero-order valence-corrected chi connectivity index (χ0v) is 15.0. The molecule has 2 nitrogen and oxygen atoms in total. The Kier molecular flexibility index (Phi) is 6.06. The summed E-state index contributed by atoms with van der Waals surface area (Å²) in [5, 5.41) is 3.66. The molecule has 2 rings (SSSR count). The third-order valence-corrected chi connectivity index (χ3v) is 4.24. The first-order chi connectivity index (χ1) is 10.2. The second-order valence-corrected chi connectivity index (χ2v) is 6.41. The van der Waals surface area contributed by atoms with Gasteiger partial charge in [0.25, 0.3) is 0 Å². The Morgan fingerprint density at radius 1 is 1.19 bits per heavy atom. The fraction of sp³-hybridized carbons (Fsp3) is 0.333. The van der Waals surface area contributed by atoms with Crippen molar-refractivity contribution in [2.24, 2.45) is 0 Å². The van der Waals surface area contributed by atoms with Gasteiger partial charge in [0.15, 0.2) is 0 Å². The monoisotopic (exact) mass is 395 g/mol. The molecule has 112 valence electrons. The molecule has 2 aromatic carbocycles. The molecule has 2 aromatic rings. The number of halogens is 1. The van der Waals surface area contributed by atoms with E-state index in [0.717, 1.165) is 18.7 Å². The average Bonchev–Trinajstić information content (AvgIpc) is 2.49. The van der Waals surface area contributed by atoms with E-state index in [1.165, 1.54) is 20.3 Å². The Hall–Kier alpha value is -1.07. The third-order valence-electron chi connectivity index (χ3n) is 3.57. The van der Waals surface area contributed by atoms with Crippen LogP contribution in [0.15, 0.2) is 42.5 Å². The van der Waals surface area contributed by atoms with Crippen molar-refractivity contribution in [1.29, 1.82) is 0 Å². The molecule has 21 heavy (non-hydrogen) atoms. The normalized spacial score (nSPS) is 12.2. The summed E-state index contributed by atoms with van der Waals surface area (Å²) in [7, 11) is 1.71. The first-order valence-corrected chi connectivity index (χ1v) is 8.37. The SMILES string of the molecule is CCCNC(c1cccc(I)c1)c1ccc(OC)cc1C. The van der Waals surface area contributed by atoms with Crippen molar-refractivity contribution in [1.82, 2.24) is 5.32 Å². The summed E-state index contributed by atoms with van der Waals surface area (Å²) >= 11 is 2.37. The minimum Gasteiger partial charge on any atom is -0.497 e. The summed E-state index contributed by atoms with van der Waals surface area (Å²) in [5.74, 6) is 0.910. The van der Waals surface area contributed by atoms with Gasteiger partial charge in [-0.05, 0) is 83.4 Å². The van der Waals surface area contributed by atoms with E-state index < -0.39 is 0 Å². The van der Waals surface area contributed by atoms with Crippen LogP contribution in [0, 0.1) is 10.5 Å². The molecule has 0 heterocycles. The number of benzene rings is 2. The highest BCUT2D eigenvalue weighted by Crippen LogP contribution is 2.28. The fourth-order valence-electron chi connectivity index (χ4n) is 2.48. The molecule has 0 aliphatic carbocycles. The van der Waals surface area contributed by atoms with Gasteiger partial charge in [0.05, 0.1) is 13.2 Å². The summed E-state index contributed by atoms with van der Waals surface area (Å²) in [6, 6.07) is 15.2. The Balaban J connectivity index is 2.40. The number of hydrogen-bond donors (Lipinski definition) is 1. The van der Waals surface area contributed by atoms with E-state index >= 15 is 0 Å². The second-order valence-electron chi connectivity index (χ2n) is 5.16. The van der Waals surface area contributed by atoms with E-state index in [2.05, 4.69) is 78.2 Å².